The largest absolute Gasteiger partial charge is 0.341 e. The van der Waals surface area contributed by atoms with E-state index in [9.17, 15) is 29.3 Å². The van der Waals surface area contributed by atoms with Crippen LogP contribution >= 0.6 is 0 Å². The molecule has 4 rings (SSSR count). The van der Waals surface area contributed by atoms with Crippen LogP contribution in [-0.4, -0.2) is 75.5 Å². The molecule has 4 amide bonds. The van der Waals surface area contributed by atoms with Crippen molar-refractivity contribution in [2.24, 2.45) is 0 Å². The Morgan fingerprint density at radius 2 is 1.73 bits per heavy atom. The number of likely N-dealkylation sites (tertiary alicyclic amines) is 2. The third-order valence-electron chi connectivity index (χ3n) is 5.99. The first-order chi connectivity index (χ1) is 14.4. The molecule has 2 saturated heterocycles. The van der Waals surface area contributed by atoms with E-state index in [1.165, 1.54) is 12.1 Å². The van der Waals surface area contributed by atoms with Crippen molar-refractivity contribution in [1.82, 2.24) is 14.7 Å². The fourth-order valence-corrected chi connectivity index (χ4v) is 4.42. The van der Waals surface area contributed by atoms with E-state index in [2.05, 4.69) is 0 Å². The number of nitro benzene ring substituents is 1. The summed E-state index contributed by atoms with van der Waals surface area (Å²) in [5, 5.41) is 10.9. The highest BCUT2D eigenvalue weighted by Crippen LogP contribution is 2.27. The van der Waals surface area contributed by atoms with Gasteiger partial charge in [-0.15, -0.1) is 0 Å². The molecule has 0 spiro atoms. The van der Waals surface area contributed by atoms with E-state index < -0.39 is 22.8 Å². The number of carbonyl (C=O) groups excluding carboxylic acids is 4. The minimum atomic E-state index is -0.641. The van der Waals surface area contributed by atoms with E-state index in [0.29, 0.717) is 13.0 Å². The number of hydrogen-bond acceptors (Lipinski definition) is 6. The highest BCUT2D eigenvalue weighted by Gasteiger charge is 2.39. The number of imide groups is 1. The average Bonchev–Trinajstić information content (AvgIpc) is 3.47. The van der Waals surface area contributed by atoms with Crippen LogP contribution in [-0.2, 0) is 9.59 Å². The number of rotatable bonds is 5. The van der Waals surface area contributed by atoms with Crippen molar-refractivity contribution in [3.63, 3.8) is 0 Å². The summed E-state index contributed by atoms with van der Waals surface area (Å²) in [6.07, 6.45) is 3.23. The molecule has 0 radical (unpaired) electrons. The van der Waals surface area contributed by atoms with Crippen LogP contribution in [0.15, 0.2) is 18.2 Å². The molecule has 0 bridgehead atoms. The Bertz CT molecular complexity index is 939. The van der Waals surface area contributed by atoms with E-state index in [-0.39, 0.29) is 41.6 Å². The van der Waals surface area contributed by atoms with Crippen LogP contribution in [0.5, 0.6) is 0 Å². The van der Waals surface area contributed by atoms with Gasteiger partial charge in [0.1, 0.15) is 6.04 Å². The standard InChI is InChI=1S/C20H22N4O6/c25-17(22-10-3-4-16(22)20(28)21-8-1-2-9-21)7-11-23-18(26)14-6-5-13(24(29)30)12-15(14)19(23)27/h5-6,12,16H,1-4,7-11H2/t16-/m0/s1. The zero-order valence-electron chi connectivity index (χ0n) is 16.4. The van der Waals surface area contributed by atoms with Crippen molar-refractivity contribution in [1.29, 1.82) is 0 Å². The summed E-state index contributed by atoms with van der Waals surface area (Å²) < 4.78 is 0. The maximum atomic E-state index is 12.8. The molecule has 0 N–H and O–H groups in total. The Kier molecular flexibility index (Phi) is 5.23. The summed E-state index contributed by atoms with van der Waals surface area (Å²) in [4.78, 5) is 65.2. The van der Waals surface area contributed by atoms with Gasteiger partial charge in [0.15, 0.2) is 0 Å². The highest BCUT2D eigenvalue weighted by atomic mass is 16.6. The zero-order chi connectivity index (χ0) is 21.4. The molecule has 30 heavy (non-hydrogen) atoms. The Morgan fingerprint density at radius 3 is 2.43 bits per heavy atom. The van der Waals surface area contributed by atoms with Crippen LogP contribution in [0.1, 0.15) is 52.8 Å². The third kappa shape index (κ3) is 3.42. The van der Waals surface area contributed by atoms with Crippen molar-refractivity contribution in [2.45, 2.75) is 38.1 Å². The topological polar surface area (TPSA) is 121 Å². The molecule has 158 valence electrons. The van der Waals surface area contributed by atoms with Crippen LogP contribution in [0.4, 0.5) is 5.69 Å². The molecule has 2 fully saturated rings. The summed E-state index contributed by atoms with van der Waals surface area (Å²) in [6.45, 7) is 1.80. The first kappa shape index (κ1) is 20.0. The smallest absolute Gasteiger partial charge is 0.270 e. The van der Waals surface area contributed by atoms with Gasteiger partial charge in [-0.2, -0.15) is 0 Å². The van der Waals surface area contributed by atoms with Crippen molar-refractivity contribution < 1.29 is 24.1 Å². The molecule has 3 aliphatic heterocycles. The average molecular weight is 414 g/mol. The van der Waals surface area contributed by atoms with Gasteiger partial charge in [0, 0.05) is 44.7 Å². The van der Waals surface area contributed by atoms with Gasteiger partial charge in [-0.05, 0) is 31.7 Å². The van der Waals surface area contributed by atoms with E-state index in [1.807, 2.05) is 0 Å². The maximum Gasteiger partial charge on any atom is 0.270 e. The molecule has 3 aliphatic rings. The number of carbonyl (C=O) groups is 4. The number of nitrogens with zero attached hydrogens (tertiary/aromatic N) is 4. The second-order valence-corrected chi connectivity index (χ2v) is 7.78. The Hall–Kier alpha value is -3.30. The molecule has 0 unspecified atom stereocenters. The van der Waals surface area contributed by atoms with Gasteiger partial charge >= 0.3 is 0 Å². The number of fused-ring (bicyclic) bond motifs is 1. The number of benzene rings is 1. The van der Waals surface area contributed by atoms with Crippen molar-refractivity contribution in [3.8, 4) is 0 Å². The second kappa shape index (κ2) is 7.85. The molecular weight excluding hydrogens is 392 g/mol. The molecule has 0 saturated carbocycles. The lowest BCUT2D eigenvalue weighted by Crippen LogP contribution is -2.47. The lowest BCUT2D eigenvalue weighted by Gasteiger charge is -2.28. The maximum absolute atomic E-state index is 12.8. The first-order valence-electron chi connectivity index (χ1n) is 10.1. The number of nitro groups is 1. The fourth-order valence-electron chi connectivity index (χ4n) is 4.42. The number of non-ortho nitro benzene ring substituents is 1. The van der Waals surface area contributed by atoms with Crippen LogP contribution in [0.2, 0.25) is 0 Å². The first-order valence-corrected chi connectivity index (χ1v) is 10.1. The number of amides is 4. The van der Waals surface area contributed by atoms with Crippen LogP contribution in [0.25, 0.3) is 0 Å². The molecule has 3 heterocycles. The Labute approximate surface area is 172 Å². The van der Waals surface area contributed by atoms with Crippen LogP contribution in [0.3, 0.4) is 0 Å². The van der Waals surface area contributed by atoms with Crippen molar-refractivity contribution in [3.05, 3.63) is 39.4 Å². The van der Waals surface area contributed by atoms with E-state index >= 15 is 0 Å². The third-order valence-corrected chi connectivity index (χ3v) is 5.99. The molecule has 1 aromatic carbocycles. The Balaban J connectivity index is 1.41. The molecule has 1 atom stereocenters. The van der Waals surface area contributed by atoms with Gasteiger partial charge in [-0.25, -0.2) is 0 Å². The van der Waals surface area contributed by atoms with Crippen LogP contribution in [0, 0.1) is 10.1 Å². The van der Waals surface area contributed by atoms with Gasteiger partial charge in [0.2, 0.25) is 11.8 Å². The van der Waals surface area contributed by atoms with Crippen LogP contribution < -0.4 is 0 Å². The second-order valence-electron chi connectivity index (χ2n) is 7.78. The van der Waals surface area contributed by atoms with E-state index in [4.69, 9.17) is 0 Å². The lowest BCUT2D eigenvalue weighted by molar-refractivity contribution is -0.384. The molecule has 10 heteroatoms. The minimum Gasteiger partial charge on any atom is -0.341 e. The monoisotopic (exact) mass is 414 g/mol. The SMILES string of the molecule is O=C([C@@H]1CCCN1C(=O)CCN1C(=O)c2ccc([N+](=O)[O-])cc2C1=O)N1CCCC1. The summed E-state index contributed by atoms with van der Waals surface area (Å²) in [5.41, 5.74) is -0.195. The van der Waals surface area contributed by atoms with Gasteiger partial charge in [-0.3, -0.25) is 34.2 Å². The van der Waals surface area contributed by atoms with E-state index in [0.717, 1.165) is 43.3 Å². The molecule has 10 nitrogen and oxygen atoms in total. The van der Waals surface area contributed by atoms with Gasteiger partial charge in [0.25, 0.3) is 17.5 Å². The molecule has 0 aromatic heterocycles. The predicted molar refractivity (Wildman–Crippen MR) is 104 cm³/mol. The van der Waals surface area contributed by atoms with E-state index in [1.54, 1.807) is 9.80 Å². The number of hydrogen-bond donors (Lipinski definition) is 0. The lowest BCUT2D eigenvalue weighted by atomic mass is 10.1. The van der Waals surface area contributed by atoms with Gasteiger partial charge in [-0.1, -0.05) is 0 Å². The van der Waals surface area contributed by atoms with Crippen molar-refractivity contribution >= 4 is 29.3 Å². The molecular formula is C20H22N4O6. The summed E-state index contributed by atoms with van der Waals surface area (Å²) in [6, 6.07) is 3.06. The summed E-state index contributed by atoms with van der Waals surface area (Å²) >= 11 is 0. The van der Waals surface area contributed by atoms with Gasteiger partial charge < -0.3 is 9.80 Å². The fraction of sp³-hybridized carbons (Fsp3) is 0.500. The molecule has 1 aromatic rings. The van der Waals surface area contributed by atoms with Crippen molar-refractivity contribution in [2.75, 3.05) is 26.2 Å². The zero-order valence-corrected chi connectivity index (χ0v) is 16.4. The predicted octanol–water partition coefficient (Wildman–Crippen LogP) is 1.19. The molecule has 0 aliphatic carbocycles. The normalized spacial score (nSPS) is 20.8. The minimum absolute atomic E-state index is 0.0219. The quantitative estimate of drug-likeness (QED) is 0.405. The summed E-state index contributed by atoms with van der Waals surface area (Å²) in [7, 11) is 0. The highest BCUT2D eigenvalue weighted by molar-refractivity contribution is 6.21. The Morgan fingerprint density at radius 1 is 1.03 bits per heavy atom. The summed E-state index contributed by atoms with van der Waals surface area (Å²) in [5.74, 6) is -1.50. The van der Waals surface area contributed by atoms with Gasteiger partial charge in [0.05, 0.1) is 16.1 Å².